The topological polar surface area (TPSA) is 70.1 Å². The molecule has 0 aromatic heterocycles. The predicted octanol–water partition coefficient (Wildman–Crippen LogP) is 1.33. The van der Waals surface area contributed by atoms with Crippen LogP contribution in [0.4, 0.5) is 0 Å². The van der Waals surface area contributed by atoms with Crippen molar-refractivity contribution in [3.05, 3.63) is 11.6 Å². The predicted molar refractivity (Wildman–Crippen MR) is 96.2 cm³/mol. The van der Waals surface area contributed by atoms with Gasteiger partial charge in [0.25, 0.3) is 5.91 Å². The number of rotatable bonds is 2. The van der Waals surface area contributed by atoms with Crippen LogP contribution in [0.2, 0.25) is 0 Å². The Balaban J connectivity index is 1.45. The average Bonchev–Trinajstić information content (AvgIpc) is 2.65. The van der Waals surface area contributed by atoms with E-state index in [2.05, 4.69) is 4.90 Å². The number of hydrogen-bond donors (Lipinski definition) is 1. The summed E-state index contributed by atoms with van der Waals surface area (Å²) in [4.78, 5) is 29.1. The highest BCUT2D eigenvalue weighted by Gasteiger charge is 2.50. The number of piperidine rings is 4. The molecule has 1 N–H and O–H groups in total. The molecule has 144 valence electrons. The number of fused-ring (bicyclic) bond motifs is 6. The summed E-state index contributed by atoms with van der Waals surface area (Å²) in [6, 6.07) is 0.674. The highest BCUT2D eigenvalue weighted by molar-refractivity contribution is 5.87. The summed E-state index contributed by atoms with van der Waals surface area (Å²) in [5.74, 6) is 0.652. The van der Waals surface area contributed by atoms with E-state index in [-0.39, 0.29) is 18.0 Å². The maximum Gasteiger partial charge on any atom is 0.333 e. The van der Waals surface area contributed by atoms with Crippen LogP contribution >= 0.6 is 0 Å². The molecule has 6 nitrogen and oxygen atoms in total. The van der Waals surface area contributed by atoms with Crippen molar-refractivity contribution in [2.75, 3.05) is 19.6 Å². The van der Waals surface area contributed by atoms with Gasteiger partial charge in [0.2, 0.25) is 0 Å². The van der Waals surface area contributed by atoms with Crippen LogP contribution < -0.4 is 0 Å². The van der Waals surface area contributed by atoms with E-state index < -0.39 is 6.10 Å². The fourth-order valence-electron chi connectivity index (χ4n) is 5.53. The monoisotopic (exact) mass is 362 g/mol. The quantitative estimate of drug-likeness (QED) is 0.593. The molecule has 0 aliphatic carbocycles. The van der Waals surface area contributed by atoms with E-state index in [1.807, 2.05) is 11.8 Å². The third-order valence-electron chi connectivity index (χ3n) is 7.04. The minimum absolute atomic E-state index is 0.0319. The number of esters is 1. The van der Waals surface area contributed by atoms with E-state index in [0.29, 0.717) is 35.9 Å². The van der Waals surface area contributed by atoms with Gasteiger partial charge in [0.05, 0.1) is 0 Å². The molecule has 0 saturated carbocycles. The molecular formula is C20H30N2O4. The molecule has 0 aromatic rings. The van der Waals surface area contributed by atoms with Crippen LogP contribution in [0.1, 0.15) is 46.0 Å². The Hall–Kier alpha value is -1.40. The second kappa shape index (κ2) is 6.97. The average molecular weight is 362 g/mol. The number of aliphatic hydroxyl groups is 1. The van der Waals surface area contributed by atoms with Gasteiger partial charge >= 0.3 is 5.97 Å². The van der Waals surface area contributed by atoms with Gasteiger partial charge in [0.15, 0.2) is 0 Å². The van der Waals surface area contributed by atoms with Gasteiger partial charge in [0.1, 0.15) is 12.2 Å². The molecule has 0 aromatic carbocycles. The van der Waals surface area contributed by atoms with Crippen molar-refractivity contribution in [1.82, 2.24) is 9.80 Å². The van der Waals surface area contributed by atoms with Crippen molar-refractivity contribution >= 4 is 11.9 Å². The minimum atomic E-state index is -0.815. The molecule has 4 saturated heterocycles. The van der Waals surface area contributed by atoms with Crippen molar-refractivity contribution in [2.45, 2.75) is 70.2 Å². The van der Waals surface area contributed by atoms with E-state index in [9.17, 15) is 14.7 Å². The largest absolute Gasteiger partial charge is 0.459 e. The third-order valence-corrected chi connectivity index (χ3v) is 7.04. The fraction of sp³-hybridized carbons (Fsp3) is 0.800. The highest BCUT2D eigenvalue weighted by atomic mass is 16.5. The first-order valence-corrected chi connectivity index (χ1v) is 10.0. The smallest absolute Gasteiger partial charge is 0.333 e. The Morgan fingerprint density at radius 2 is 1.92 bits per heavy atom. The van der Waals surface area contributed by atoms with Crippen molar-refractivity contribution in [3.63, 3.8) is 0 Å². The van der Waals surface area contributed by atoms with Crippen LogP contribution in [0, 0.1) is 11.8 Å². The van der Waals surface area contributed by atoms with Gasteiger partial charge in [-0.2, -0.15) is 0 Å². The second-order valence-corrected chi connectivity index (χ2v) is 8.49. The Kier molecular flexibility index (Phi) is 4.82. The third kappa shape index (κ3) is 3.07. The zero-order valence-electron chi connectivity index (χ0n) is 15.8. The minimum Gasteiger partial charge on any atom is -0.459 e. The number of carbonyl (C=O) groups is 2. The molecule has 4 rings (SSSR count). The van der Waals surface area contributed by atoms with Crippen LogP contribution in [0.25, 0.3) is 0 Å². The van der Waals surface area contributed by atoms with E-state index in [1.54, 1.807) is 13.0 Å². The molecule has 4 heterocycles. The van der Waals surface area contributed by atoms with Gasteiger partial charge < -0.3 is 14.7 Å². The summed E-state index contributed by atoms with van der Waals surface area (Å²) in [5.41, 5.74) is 0.657. The number of allylic oxidation sites excluding steroid dienone is 1. The van der Waals surface area contributed by atoms with E-state index in [4.69, 9.17) is 4.74 Å². The first-order valence-electron chi connectivity index (χ1n) is 10.0. The van der Waals surface area contributed by atoms with Gasteiger partial charge in [-0.25, -0.2) is 4.79 Å². The summed E-state index contributed by atoms with van der Waals surface area (Å²) >= 11 is 0. The van der Waals surface area contributed by atoms with Gasteiger partial charge in [-0.15, -0.1) is 0 Å². The molecule has 6 heteroatoms. The molecule has 2 bridgehead atoms. The lowest BCUT2D eigenvalue weighted by atomic mass is 9.70. The lowest BCUT2D eigenvalue weighted by Gasteiger charge is -2.57. The zero-order valence-corrected chi connectivity index (χ0v) is 15.8. The molecular weight excluding hydrogens is 332 g/mol. The Morgan fingerprint density at radius 1 is 1.15 bits per heavy atom. The van der Waals surface area contributed by atoms with E-state index in [0.717, 1.165) is 45.3 Å². The summed E-state index contributed by atoms with van der Waals surface area (Å²) in [6.45, 7) is 6.38. The summed E-state index contributed by atoms with van der Waals surface area (Å²) < 4.78 is 5.72. The Morgan fingerprint density at radius 3 is 2.69 bits per heavy atom. The zero-order chi connectivity index (χ0) is 18.4. The highest BCUT2D eigenvalue weighted by Crippen LogP contribution is 2.43. The molecule has 4 aliphatic rings. The van der Waals surface area contributed by atoms with E-state index >= 15 is 0 Å². The van der Waals surface area contributed by atoms with Crippen molar-refractivity contribution in [3.8, 4) is 0 Å². The number of hydrogen-bond acceptors (Lipinski definition) is 5. The summed E-state index contributed by atoms with van der Waals surface area (Å²) in [6.07, 6.45) is 5.37. The molecule has 4 fully saturated rings. The molecule has 0 spiro atoms. The number of carbonyl (C=O) groups excluding carboxylic acids is 2. The normalized spacial score (nSPS) is 40.7. The van der Waals surface area contributed by atoms with Crippen molar-refractivity contribution < 1.29 is 19.4 Å². The first kappa shape index (κ1) is 18.0. The Bertz CT molecular complexity index is 619. The second-order valence-electron chi connectivity index (χ2n) is 8.49. The Labute approximate surface area is 155 Å². The van der Waals surface area contributed by atoms with Crippen molar-refractivity contribution in [2.24, 2.45) is 11.8 Å². The summed E-state index contributed by atoms with van der Waals surface area (Å²) in [5, 5.41) is 9.96. The molecule has 1 amide bonds. The van der Waals surface area contributed by atoms with Crippen LogP contribution in [0.15, 0.2) is 11.6 Å². The van der Waals surface area contributed by atoms with Gasteiger partial charge in [-0.05, 0) is 51.4 Å². The number of ether oxygens (including phenoxy) is 1. The molecule has 0 radical (unpaired) electrons. The van der Waals surface area contributed by atoms with Crippen LogP contribution in [-0.4, -0.2) is 70.7 Å². The molecule has 6 atom stereocenters. The van der Waals surface area contributed by atoms with Crippen LogP contribution in [-0.2, 0) is 14.3 Å². The standard InChI is InChI=1S/C20H30N2O4/c1-3-12(2)20(25)26-15-6-7-21-10-13-8-14(17(21)9-15)11-22-16(13)4-5-18(23)19(22)24/h3,13-18,23H,4-11H2,1-2H3/b12-3-/t13-,14-,15-,16+,17-,18-/m0/s1. The lowest BCUT2D eigenvalue weighted by molar-refractivity contribution is -0.164. The molecule has 4 aliphatic heterocycles. The van der Waals surface area contributed by atoms with Gasteiger partial charge in [-0.1, -0.05) is 6.08 Å². The van der Waals surface area contributed by atoms with Gasteiger partial charge in [0, 0.05) is 43.7 Å². The SMILES string of the molecule is C/C=C(/C)C(=O)O[C@H]1CCN2C[C@@H]3C[C@@H](CN4C(=O)[C@@H](O)CC[C@H]34)[C@@H]2C1. The summed E-state index contributed by atoms with van der Waals surface area (Å²) in [7, 11) is 0. The molecule has 26 heavy (non-hydrogen) atoms. The number of aliphatic hydroxyl groups excluding tert-OH is 1. The first-order chi connectivity index (χ1) is 12.5. The molecule has 0 unspecified atom stereocenters. The van der Waals surface area contributed by atoms with Gasteiger partial charge in [-0.3, -0.25) is 9.69 Å². The van der Waals surface area contributed by atoms with Crippen LogP contribution in [0.3, 0.4) is 0 Å². The van der Waals surface area contributed by atoms with E-state index in [1.165, 1.54) is 0 Å². The maximum atomic E-state index is 12.5. The van der Waals surface area contributed by atoms with Crippen molar-refractivity contribution in [1.29, 1.82) is 0 Å². The lowest BCUT2D eigenvalue weighted by Crippen LogP contribution is -2.66. The maximum absolute atomic E-state index is 12.5. The van der Waals surface area contributed by atoms with Crippen LogP contribution in [0.5, 0.6) is 0 Å². The number of amides is 1. The number of nitrogens with zero attached hydrogens (tertiary/aromatic N) is 2. The fourth-order valence-corrected chi connectivity index (χ4v) is 5.53.